The van der Waals surface area contributed by atoms with Gasteiger partial charge in [-0.2, -0.15) is 0 Å². The standard InChI is InChI=1S/C12H10N2O3S/c1-14-11(17)9(10(16)13-12(14)18)6-7-2-4-8(15)5-3-7/h2-6,15H,1H3,(H,13,16,18)/b9-6+. The molecule has 1 aliphatic heterocycles. The molecular weight excluding hydrogens is 252 g/mol. The van der Waals surface area contributed by atoms with Gasteiger partial charge < -0.3 is 5.11 Å². The first-order chi connectivity index (χ1) is 8.49. The number of carbonyl (C=O) groups excluding carboxylic acids is 2. The van der Waals surface area contributed by atoms with Crippen molar-refractivity contribution in [2.75, 3.05) is 7.05 Å². The Kier molecular flexibility index (Phi) is 3.12. The SMILES string of the molecule is CN1C(=O)/C(=C/c2ccc(O)cc2)C(=O)NC1=S. The molecule has 1 saturated heterocycles. The van der Waals surface area contributed by atoms with Crippen molar-refractivity contribution in [1.82, 2.24) is 10.2 Å². The lowest BCUT2D eigenvalue weighted by molar-refractivity contribution is -0.128. The zero-order chi connectivity index (χ0) is 13.3. The Labute approximate surface area is 109 Å². The number of nitrogens with zero attached hydrogens (tertiary/aromatic N) is 1. The van der Waals surface area contributed by atoms with Crippen LogP contribution < -0.4 is 5.32 Å². The number of amides is 2. The summed E-state index contributed by atoms with van der Waals surface area (Å²) >= 11 is 4.83. The molecule has 0 aromatic heterocycles. The molecule has 1 heterocycles. The normalized spacial score (nSPS) is 18.2. The zero-order valence-corrected chi connectivity index (χ0v) is 10.3. The number of phenolic OH excluding ortho intramolecular Hbond substituents is 1. The van der Waals surface area contributed by atoms with Crippen molar-refractivity contribution in [2.24, 2.45) is 0 Å². The summed E-state index contributed by atoms with van der Waals surface area (Å²) in [5, 5.41) is 11.7. The van der Waals surface area contributed by atoms with E-state index in [1.54, 1.807) is 12.1 Å². The van der Waals surface area contributed by atoms with Crippen LogP contribution in [-0.2, 0) is 9.59 Å². The first kappa shape index (κ1) is 12.3. The van der Waals surface area contributed by atoms with Gasteiger partial charge in [-0.05, 0) is 36.0 Å². The molecule has 18 heavy (non-hydrogen) atoms. The van der Waals surface area contributed by atoms with E-state index in [0.29, 0.717) is 5.56 Å². The highest BCUT2D eigenvalue weighted by Gasteiger charge is 2.30. The van der Waals surface area contributed by atoms with Gasteiger partial charge in [-0.3, -0.25) is 19.8 Å². The highest BCUT2D eigenvalue weighted by Crippen LogP contribution is 2.15. The van der Waals surface area contributed by atoms with Crippen LogP contribution in [0.15, 0.2) is 29.8 Å². The quantitative estimate of drug-likeness (QED) is 0.443. The maximum atomic E-state index is 11.9. The molecule has 2 amide bonds. The Bertz CT molecular complexity index is 563. The number of benzene rings is 1. The van der Waals surface area contributed by atoms with Gasteiger partial charge in [0, 0.05) is 7.05 Å². The van der Waals surface area contributed by atoms with Crippen LogP contribution in [0.5, 0.6) is 5.75 Å². The zero-order valence-electron chi connectivity index (χ0n) is 9.51. The van der Waals surface area contributed by atoms with E-state index in [0.717, 1.165) is 0 Å². The number of hydrogen-bond donors (Lipinski definition) is 2. The van der Waals surface area contributed by atoms with Crippen LogP contribution in [0.1, 0.15) is 5.56 Å². The molecule has 0 bridgehead atoms. The van der Waals surface area contributed by atoms with Gasteiger partial charge in [0.05, 0.1) is 0 Å². The minimum absolute atomic E-state index is 0.0109. The van der Waals surface area contributed by atoms with Crippen LogP contribution in [-0.4, -0.2) is 34.0 Å². The van der Waals surface area contributed by atoms with Gasteiger partial charge in [0.25, 0.3) is 11.8 Å². The summed E-state index contributed by atoms with van der Waals surface area (Å²) in [5.41, 5.74) is 0.657. The Morgan fingerprint density at radius 3 is 2.50 bits per heavy atom. The number of phenols is 1. The number of carbonyl (C=O) groups is 2. The summed E-state index contributed by atoms with van der Waals surface area (Å²) in [5.74, 6) is -0.845. The second-order valence-electron chi connectivity index (χ2n) is 3.77. The Morgan fingerprint density at radius 2 is 1.89 bits per heavy atom. The third-order valence-electron chi connectivity index (χ3n) is 2.51. The van der Waals surface area contributed by atoms with Crippen LogP contribution in [0, 0.1) is 0 Å². The predicted molar refractivity (Wildman–Crippen MR) is 69.6 cm³/mol. The van der Waals surface area contributed by atoms with Gasteiger partial charge in [0.15, 0.2) is 5.11 Å². The van der Waals surface area contributed by atoms with Crippen molar-refractivity contribution >= 4 is 35.2 Å². The van der Waals surface area contributed by atoms with Crippen molar-refractivity contribution in [3.05, 3.63) is 35.4 Å². The minimum atomic E-state index is -0.517. The number of hydrogen-bond acceptors (Lipinski definition) is 4. The molecule has 0 saturated carbocycles. The molecule has 1 aliphatic rings. The first-order valence-corrected chi connectivity index (χ1v) is 5.54. The molecule has 92 valence electrons. The third-order valence-corrected chi connectivity index (χ3v) is 2.88. The Balaban J connectivity index is 2.37. The van der Waals surface area contributed by atoms with E-state index < -0.39 is 11.8 Å². The molecule has 0 atom stereocenters. The maximum absolute atomic E-state index is 11.9. The van der Waals surface area contributed by atoms with Crippen LogP contribution in [0.4, 0.5) is 0 Å². The van der Waals surface area contributed by atoms with Crippen LogP contribution >= 0.6 is 12.2 Å². The summed E-state index contributed by atoms with van der Waals surface area (Å²) in [4.78, 5) is 24.7. The van der Waals surface area contributed by atoms with E-state index in [9.17, 15) is 9.59 Å². The fourth-order valence-electron chi connectivity index (χ4n) is 1.48. The van der Waals surface area contributed by atoms with E-state index in [-0.39, 0.29) is 16.4 Å². The number of nitrogens with one attached hydrogen (secondary N) is 1. The van der Waals surface area contributed by atoms with Crippen molar-refractivity contribution in [3.8, 4) is 5.75 Å². The minimum Gasteiger partial charge on any atom is -0.508 e. The Hall–Kier alpha value is -2.21. The lowest BCUT2D eigenvalue weighted by Gasteiger charge is -2.24. The van der Waals surface area contributed by atoms with Crippen molar-refractivity contribution in [3.63, 3.8) is 0 Å². The average molecular weight is 262 g/mol. The fraction of sp³-hybridized carbons (Fsp3) is 0.0833. The highest BCUT2D eigenvalue weighted by atomic mass is 32.1. The molecule has 0 unspecified atom stereocenters. The number of thiocarbonyl (C=S) groups is 1. The lowest BCUT2D eigenvalue weighted by Crippen LogP contribution is -2.52. The van der Waals surface area contributed by atoms with Gasteiger partial charge in [-0.25, -0.2) is 0 Å². The third kappa shape index (κ3) is 2.23. The maximum Gasteiger partial charge on any atom is 0.265 e. The van der Waals surface area contributed by atoms with Gasteiger partial charge in [0.2, 0.25) is 0 Å². The fourth-order valence-corrected chi connectivity index (χ4v) is 1.66. The van der Waals surface area contributed by atoms with E-state index >= 15 is 0 Å². The molecule has 2 rings (SSSR count). The molecule has 1 aromatic rings. The van der Waals surface area contributed by atoms with Gasteiger partial charge in [-0.15, -0.1) is 0 Å². The summed E-state index contributed by atoms with van der Waals surface area (Å²) in [6.45, 7) is 0. The van der Waals surface area contributed by atoms with Crippen molar-refractivity contribution in [2.45, 2.75) is 0 Å². The first-order valence-electron chi connectivity index (χ1n) is 5.13. The van der Waals surface area contributed by atoms with E-state index in [2.05, 4.69) is 5.32 Å². The van der Waals surface area contributed by atoms with Gasteiger partial charge in [0.1, 0.15) is 11.3 Å². The van der Waals surface area contributed by atoms with Crippen molar-refractivity contribution < 1.29 is 14.7 Å². The molecule has 0 spiro atoms. The molecule has 0 aliphatic carbocycles. The second kappa shape index (κ2) is 4.58. The lowest BCUT2D eigenvalue weighted by atomic mass is 10.1. The molecule has 1 aromatic carbocycles. The predicted octanol–water partition coefficient (Wildman–Crippen LogP) is 0.649. The number of aromatic hydroxyl groups is 1. The summed E-state index contributed by atoms with van der Waals surface area (Å²) < 4.78 is 0. The van der Waals surface area contributed by atoms with E-state index in [4.69, 9.17) is 17.3 Å². The number of rotatable bonds is 1. The average Bonchev–Trinajstić information content (AvgIpc) is 2.34. The largest absolute Gasteiger partial charge is 0.508 e. The van der Waals surface area contributed by atoms with Gasteiger partial charge in [-0.1, -0.05) is 12.1 Å². The molecule has 5 nitrogen and oxygen atoms in total. The summed E-state index contributed by atoms with van der Waals surface area (Å²) in [7, 11) is 1.49. The molecule has 1 fully saturated rings. The monoisotopic (exact) mass is 262 g/mol. The van der Waals surface area contributed by atoms with E-state index in [1.165, 1.54) is 30.2 Å². The topological polar surface area (TPSA) is 69.6 Å². The molecule has 0 radical (unpaired) electrons. The molecule has 2 N–H and O–H groups in total. The van der Waals surface area contributed by atoms with Crippen molar-refractivity contribution in [1.29, 1.82) is 0 Å². The smallest absolute Gasteiger partial charge is 0.265 e. The second-order valence-corrected chi connectivity index (χ2v) is 4.16. The molecule has 6 heteroatoms. The summed E-state index contributed by atoms with van der Waals surface area (Å²) in [6.07, 6.45) is 1.45. The van der Waals surface area contributed by atoms with Crippen LogP contribution in [0.3, 0.4) is 0 Å². The highest BCUT2D eigenvalue weighted by molar-refractivity contribution is 7.80. The van der Waals surface area contributed by atoms with Crippen LogP contribution in [0.2, 0.25) is 0 Å². The van der Waals surface area contributed by atoms with Gasteiger partial charge >= 0.3 is 0 Å². The van der Waals surface area contributed by atoms with Crippen LogP contribution in [0.25, 0.3) is 6.08 Å². The Morgan fingerprint density at radius 1 is 1.28 bits per heavy atom. The number of likely N-dealkylation sites (N-methyl/N-ethyl adjacent to an activating group) is 1. The molecular formula is C12H10N2O3S. The summed E-state index contributed by atoms with van der Waals surface area (Å²) in [6, 6.07) is 6.17. The van der Waals surface area contributed by atoms with E-state index in [1.807, 2.05) is 0 Å².